The highest BCUT2D eigenvalue weighted by molar-refractivity contribution is 8.08. The number of aliphatic hydroxyl groups excluding tert-OH is 2. The molecule has 1 fully saturated rings. The van der Waals surface area contributed by atoms with Crippen LogP contribution < -0.4 is 5.73 Å². The maximum atomic E-state index is 11.0. The molecule has 1 aromatic rings. The Bertz CT molecular complexity index is 738. The van der Waals surface area contributed by atoms with Gasteiger partial charge in [0.1, 0.15) is 24.6 Å². The van der Waals surface area contributed by atoms with Crippen LogP contribution in [0.1, 0.15) is 16.8 Å². The van der Waals surface area contributed by atoms with Crippen LogP contribution in [0.15, 0.2) is 6.33 Å². The molecule has 17 heteroatoms. The molecule has 1 amide bonds. The van der Waals surface area contributed by atoms with Gasteiger partial charge in [0, 0.05) is 0 Å². The molecule has 0 radical (unpaired) electrons. The standard InChI is InChI=1S/C8H14N4O10P2S/c9-6(15)7-10-2-12(11-7)8-5(14)4(13)3(21-8)1-20-24(19,25)22-23(16,17)18/h2-5,8,13-14H,1H2,(H2,9,15)(H,19,25)(H2,16,17,18)/t3-,4-,5-,8-,24?/m1/s1. The molecule has 25 heavy (non-hydrogen) atoms. The summed E-state index contributed by atoms with van der Waals surface area (Å²) in [6.07, 6.45) is -4.52. The topological polar surface area (TPSA) is 220 Å². The van der Waals surface area contributed by atoms with E-state index in [0.29, 0.717) is 0 Å². The molecule has 0 aliphatic carbocycles. The average molecular weight is 420 g/mol. The van der Waals surface area contributed by atoms with Crippen LogP contribution in [0.5, 0.6) is 0 Å². The van der Waals surface area contributed by atoms with Crippen molar-refractivity contribution in [1.29, 1.82) is 0 Å². The fourth-order valence-corrected chi connectivity index (χ4v) is 4.48. The van der Waals surface area contributed by atoms with Gasteiger partial charge in [0.25, 0.3) is 5.91 Å². The normalized spacial score (nSPS) is 29.5. The number of ether oxygens (including phenoxy) is 1. The Hall–Kier alpha value is -0.830. The largest absolute Gasteiger partial charge is 0.476 e. The number of phosphoric acid groups is 1. The van der Waals surface area contributed by atoms with Crippen LogP contribution in [0.3, 0.4) is 0 Å². The van der Waals surface area contributed by atoms with Crippen molar-refractivity contribution in [1.82, 2.24) is 14.8 Å². The van der Waals surface area contributed by atoms with Crippen molar-refractivity contribution in [2.75, 3.05) is 6.61 Å². The minimum Gasteiger partial charge on any atom is -0.387 e. The summed E-state index contributed by atoms with van der Waals surface area (Å²) in [6.45, 7) is -4.96. The van der Waals surface area contributed by atoms with E-state index in [0.717, 1.165) is 11.0 Å². The molecule has 14 nitrogen and oxygen atoms in total. The Kier molecular flexibility index (Phi) is 6.08. The molecule has 1 aliphatic heterocycles. The first-order chi connectivity index (χ1) is 11.4. The zero-order chi connectivity index (χ0) is 19.0. The van der Waals surface area contributed by atoms with Crippen LogP contribution in [0.25, 0.3) is 0 Å². The second-order valence-corrected chi connectivity index (χ2v) is 9.01. The Balaban J connectivity index is 2.03. The molecule has 142 valence electrons. The van der Waals surface area contributed by atoms with Crippen molar-refractivity contribution >= 4 is 32.3 Å². The summed E-state index contributed by atoms with van der Waals surface area (Å²) < 4.78 is 25.5. The third-order valence-corrected chi connectivity index (χ3v) is 6.01. The van der Waals surface area contributed by atoms with E-state index in [1.807, 2.05) is 0 Å². The third-order valence-electron chi connectivity index (χ3n) is 2.94. The lowest BCUT2D eigenvalue weighted by Crippen LogP contribution is -2.33. The highest BCUT2D eigenvalue weighted by atomic mass is 32.5. The highest BCUT2D eigenvalue weighted by Gasteiger charge is 2.45. The van der Waals surface area contributed by atoms with Gasteiger partial charge >= 0.3 is 14.5 Å². The maximum absolute atomic E-state index is 11.0. The van der Waals surface area contributed by atoms with E-state index in [4.69, 9.17) is 20.3 Å². The summed E-state index contributed by atoms with van der Waals surface area (Å²) in [5, 5.41) is 23.6. The van der Waals surface area contributed by atoms with Gasteiger partial charge in [0.05, 0.1) is 6.61 Å². The summed E-state index contributed by atoms with van der Waals surface area (Å²) in [5.41, 5.74) is 5.00. The first-order valence-electron chi connectivity index (χ1n) is 6.36. The van der Waals surface area contributed by atoms with E-state index in [1.54, 1.807) is 0 Å². The monoisotopic (exact) mass is 420 g/mol. The number of hydrogen-bond acceptors (Lipinski definition) is 10. The van der Waals surface area contributed by atoms with Gasteiger partial charge in [0.2, 0.25) is 5.82 Å². The number of primary amides is 1. The molecule has 1 aromatic heterocycles. The summed E-state index contributed by atoms with van der Waals surface area (Å²) >= 11 is 4.40. The van der Waals surface area contributed by atoms with Gasteiger partial charge in [-0.15, -0.1) is 5.10 Å². The Labute approximate surface area is 144 Å². The Morgan fingerprint density at radius 2 is 2.04 bits per heavy atom. The fourth-order valence-electron chi connectivity index (χ4n) is 1.92. The molecule has 7 N–H and O–H groups in total. The number of aliphatic hydroxyl groups is 2. The molecule has 5 atom stereocenters. The Morgan fingerprint density at radius 3 is 2.56 bits per heavy atom. The summed E-state index contributed by atoms with van der Waals surface area (Å²) in [7, 11) is -5.09. The van der Waals surface area contributed by atoms with Crippen LogP contribution >= 0.6 is 14.5 Å². The maximum Gasteiger partial charge on any atom is 0.476 e. The number of hydrogen-bond donors (Lipinski definition) is 6. The Morgan fingerprint density at radius 1 is 1.40 bits per heavy atom. The van der Waals surface area contributed by atoms with E-state index in [-0.39, 0.29) is 5.82 Å². The van der Waals surface area contributed by atoms with Gasteiger partial charge in [-0.25, -0.2) is 18.5 Å². The van der Waals surface area contributed by atoms with Crippen molar-refractivity contribution in [2.24, 2.45) is 5.73 Å². The molecular weight excluding hydrogens is 406 g/mol. The number of aromatic nitrogens is 3. The quantitative estimate of drug-likeness (QED) is 0.248. The van der Waals surface area contributed by atoms with Gasteiger partial charge in [-0.1, -0.05) is 0 Å². The van der Waals surface area contributed by atoms with Gasteiger partial charge < -0.3 is 39.9 Å². The summed E-state index contributed by atoms with van der Waals surface area (Å²) in [4.78, 5) is 41.3. The van der Waals surface area contributed by atoms with Crippen molar-refractivity contribution < 1.29 is 47.8 Å². The zero-order valence-corrected chi connectivity index (χ0v) is 14.7. The van der Waals surface area contributed by atoms with Gasteiger partial charge in [-0.2, -0.15) is 0 Å². The van der Waals surface area contributed by atoms with Crippen LogP contribution in [-0.2, 0) is 29.9 Å². The lowest BCUT2D eigenvalue weighted by atomic mass is 10.1. The number of nitrogens with zero attached hydrogens (tertiary/aromatic N) is 3. The molecule has 1 unspecified atom stereocenters. The second-order valence-electron chi connectivity index (χ2n) is 4.80. The van der Waals surface area contributed by atoms with Gasteiger partial charge in [-0.05, 0) is 11.8 Å². The average Bonchev–Trinajstić information content (AvgIpc) is 3.02. The minimum absolute atomic E-state index is 0.342. The molecule has 2 heterocycles. The van der Waals surface area contributed by atoms with Crippen LogP contribution in [0, 0.1) is 0 Å². The van der Waals surface area contributed by atoms with Crippen LogP contribution in [-0.4, -0.2) is 70.5 Å². The van der Waals surface area contributed by atoms with Crippen LogP contribution in [0.4, 0.5) is 0 Å². The van der Waals surface area contributed by atoms with E-state index < -0.39 is 51.6 Å². The van der Waals surface area contributed by atoms with Gasteiger partial charge in [0.15, 0.2) is 6.23 Å². The first kappa shape index (κ1) is 20.5. The zero-order valence-electron chi connectivity index (χ0n) is 12.1. The molecule has 2 rings (SSSR count). The predicted octanol–water partition coefficient (Wildman–Crippen LogP) is -2.66. The predicted molar refractivity (Wildman–Crippen MR) is 80.0 cm³/mol. The molecular formula is C8H14N4O10P2S. The lowest BCUT2D eigenvalue weighted by molar-refractivity contribution is -0.0566. The van der Waals surface area contributed by atoms with E-state index in [2.05, 4.69) is 30.7 Å². The molecule has 0 saturated carbocycles. The number of rotatable bonds is 7. The second kappa shape index (κ2) is 7.42. The SMILES string of the molecule is NC(=O)c1ncn([C@@H]2O[C@H](COP(O)(=S)OP(=O)(O)O)[C@@H](O)[C@H]2O)n1. The molecule has 0 aromatic carbocycles. The fraction of sp³-hybridized carbons (Fsp3) is 0.625. The summed E-state index contributed by atoms with van der Waals surface area (Å²) in [6, 6.07) is 0. The smallest absolute Gasteiger partial charge is 0.387 e. The van der Waals surface area contributed by atoms with E-state index in [9.17, 15) is 24.5 Å². The van der Waals surface area contributed by atoms with Crippen molar-refractivity contribution in [2.45, 2.75) is 24.5 Å². The number of nitrogens with two attached hydrogens (primary N) is 1. The molecule has 0 bridgehead atoms. The first-order valence-corrected chi connectivity index (χ1v) is 10.5. The van der Waals surface area contributed by atoms with E-state index >= 15 is 0 Å². The van der Waals surface area contributed by atoms with Crippen molar-refractivity contribution in [3.8, 4) is 0 Å². The number of amides is 1. The number of carbonyl (C=O) groups excluding carboxylic acids is 1. The molecule has 0 spiro atoms. The van der Waals surface area contributed by atoms with Crippen molar-refractivity contribution in [3.05, 3.63) is 12.2 Å². The van der Waals surface area contributed by atoms with Crippen molar-refractivity contribution in [3.63, 3.8) is 0 Å². The molecule has 1 saturated heterocycles. The minimum atomic E-state index is -5.09. The number of carbonyl (C=O) groups is 1. The third kappa shape index (κ3) is 5.32. The molecule has 1 aliphatic rings. The van der Waals surface area contributed by atoms with E-state index in [1.165, 1.54) is 0 Å². The lowest BCUT2D eigenvalue weighted by Gasteiger charge is -2.19. The summed E-state index contributed by atoms with van der Waals surface area (Å²) in [5.74, 6) is -1.26. The van der Waals surface area contributed by atoms with Gasteiger partial charge in [-0.3, -0.25) is 4.79 Å². The highest BCUT2D eigenvalue weighted by Crippen LogP contribution is 2.58. The van der Waals surface area contributed by atoms with Crippen LogP contribution in [0.2, 0.25) is 0 Å².